The van der Waals surface area contributed by atoms with E-state index in [2.05, 4.69) is 21.2 Å². The number of carbonyl (C=O) groups excluding carboxylic acids is 1. The summed E-state index contributed by atoms with van der Waals surface area (Å²) in [5.74, 6) is -2.11. The van der Waals surface area contributed by atoms with Crippen LogP contribution in [-0.2, 0) is 16.0 Å². The Hall–Kier alpha value is -1.85. The molecule has 0 saturated heterocycles. The highest BCUT2D eigenvalue weighted by Gasteiger charge is 2.22. The van der Waals surface area contributed by atoms with Crippen molar-refractivity contribution in [1.29, 1.82) is 0 Å². The molecule has 0 fully saturated rings. The van der Waals surface area contributed by atoms with E-state index in [4.69, 9.17) is 11.6 Å². The number of hydrogen-bond acceptors (Lipinski definition) is 2. The van der Waals surface area contributed by atoms with Crippen molar-refractivity contribution in [3.63, 3.8) is 0 Å². The summed E-state index contributed by atoms with van der Waals surface area (Å²) in [4.78, 5) is 23.6. The quantitative estimate of drug-likeness (QED) is 0.726. The lowest BCUT2D eigenvalue weighted by atomic mass is 9.96. The lowest BCUT2D eigenvalue weighted by molar-refractivity contribution is -0.143. The van der Waals surface area contributed by atoms with Crippen molar-refractivity contribution in [2.24, 2.45) is 5.92 Å². The van der Waals surface area contributed by atoms with E-state index in [0.29, 0.717) is 10.7 Å². The van der Waals surface area contributed by atoms with Gasteiger partial charge in [0.25, 0.3) is 0 Å². The van der Waals surface area contributed by atoms with E-state index in [0.717, 1.165) is 15.6 Å². The molecule has 2 aromatic rings. The van der Waals surface area contributed by atoms with Gasteiger partial charge in [0.2, 0.25) is 5.91 Å². The summed E-state index contributed by atoms with van der Waals surface area (Å²) in [7, 11) is 0. The molecule has 0 heterocycles. The Morgan fingerprint density at radius 1 is 1.21 bits per heavy atom. The van der Waals surface area contributed by atoms with Gasteiger partial charge in [0.15, 0.2) is 0 Å². The molecule has 0 saturated carbocycles. The highest BCUT2D eigenvalue weighted by Crippen LogP contribution is 2.22. The number of nitrogens with one attached hydrogen (secondary N) is 1. The molecular formula is C18H17BrClNO3. The second kappa shape index (κ2) is 8.31. The Kier molecular flexibility index (Phi) is 6.40. The molecule has 0 radical (unpaired) electrons. The van der Waals surface area contributed by atoms with Crippen LogP contribution in [0.1, 0.15) is 17.5 Å². The molecule has 2 N–H and O–H groups in total. The number of carboxylic acid groups (broad SMARTS) is 1. The van der Waals surface area contributed by atoms with Gasteiger partial charge in [-0.1, -0.05) is 45.7 Å². The van der Waals surface area contributed by atoms with Crippen molar-refractivity contribution in [2.75, 3.05) is 5.32 Å². The molecule has 1 atom stereocenters. The lowest BCUT2D eigenvalue weighted by Gasteiger charge is -2.13. The van der Waals surface area contributed by atoms with E-state index in [9.17, 15) is 14.7 Å². The molecule has 0 unspecified atom stereocenters. The van der Waals surface area contributed by atoms with Gasteiger partial charge in [0.1, 0.15) is 0 Å². The molecule has 0 spiro atoms. The van der Waals surface area contributed by atoms with Crippen LogP contribution < -0.4 is 5.32 Å². The molecule has 2 rings (SSSR count). The highest BCUT2D eigenvalue weighted by atomic mass is 79.9. The molecule has 0 aliphatic heterocycles. The second-order valence-corrected chi connectivity index (χ2v) is 6.87. The first-order valence-corrected chi connectivity index (χ1v) is 8.55. The Balaban J connectivity index is 2.01. The number of rotatable bonds is 6. The maximum Gasteiger partial charge on any atom is 0.307 e. The number of halogens is 2. The van der Waals surface area contributed by atoms with Crippen LogP contribution in [0.25, 0.3) is 0 Å². The maximum atomic E-state index is 12.2. The van der Waals surface area contributed by atoms with Gasteiger partial charge in [0, 0.05) is 21.6 Å². The van der Waals surface area contributed by atoms with E-state index in [1.54, 1.807) is 36.4 Å². The number of carboxylic acids is 1. The predicted octanol–water partition coefficient (Wildman–Crippen LogP) is 4.68. The minimum atomic E-state index is -0.995. The van der Waals surface area contributed by atoms with Crippen molar-refractivity contribution < 1.29 is 14.7 Å². The number of carbonyl (C=O) groups is 2. The summed E-state index contributed by atoms with van der Waals surface area (Å²) in [6.07, 6.45) is 0.182. The number of aliphatic carboxylic acids is 1. The fourth-order valence-corrected chi connectivity index (χ4v) is 2.76. The Morgan fingerprint density at radius 3 is 2.46 bits per heavy atom. The van der Waals surface area contributed by atoms with Crippen molar-refractivity contribution >= 4 is 45.1 Å². The van der Waals surface area contributed by atoms with Crippen molar-refractivity contribution in [3.8, 4) is 0 Å². The highest BCUT2D eigenvalue weighted by molar-refractivity contribution is 9.10. The van der Waals surface area contributed by atoms with Crippen LogP contribution in [0, 0.1) is 12.8 Å². The largest absolute Gasteiger partial charge is 0.481 e. The number of benzene rings is 2. The summed E-state index contributed by atoms with van der Waals surface area (Å²) >= 11 is 9.23. The fourth-order valence-electron chi connectivity index (χ4n) is 2.26. The van der Waals surface area contributed by atoms with Crippen LogP contribution in [-0.4, -0.2) is 17.0 Å². The smallest absolute Gasteiger partial charge is 0.307 e. The van der Waals surface area contributed by atoms with Crippen molar-refractivity contribution in [1.82, 2.24) is 0 Å². The average Bonchev–Trinajstić information content (AvgIpc) is 2.52. The Labute approximate surface area is 154 Å². The molecule has 2 aromatic carbocycles. The second-order valence-electron chi connectivity index (χ2n) is 5.58. The summed E-state index contributed by atoms with van der Waals surface area (Å²) in [5, 5.41) is 12.7. The van der Waals surface area contributed by atoms with Crippen LogP contribution in [0.2, 0.25) is 5.02 Å². The average molecular weight is 411 g/mol. The molecule has 4 nitrogen and oxygen atoms in total. The first kappa shape index (κ1) is 18.5. The van der Waals surface area contributed by atoms with Crippen molar-refractivity contribution in [3.05, 3.63) is 63.1 Å². The van der Waals surface area contributed by atoms with Gasteiger partial charge >= 0.3 is 5.97 Å². The zero-order valence-corrected chi connectivity index (χ0v) is 15.4. The van der Waals surface area contributed by atoms with E-state index < -0.39 is 11.9 Å². The lowest BCUT2D eigenvalue weighted by Crippen LogP contribution is -2.24. The first-order valence-electron chi connectivity index (χ1n) is 7.38. The topological polar surface area (TPSA) is 66.4 Å². The first-order chi connectivity index (χ1) is 11.3. The molecule has 6 heteroatoms. The molecule has 24 heavy (non-hydrogen) atoms. The zero-order valence-electron chi connectivity index (χ0n) is 13.1. The summed E-state index contributed by atoms with van der Waals surface area (Å²) in [6, 6.07) is 12.4. The SMILES string of the molecule is Cc1ccc(NC(=O)C[C@@H](Cc2ccc(Cl)cc2)C(=O)O)cc1Br. The molecule has 1 amide bonds. The monoisotopic (exact) mass is 409 g/mol. The van der Waals surface area contributed by atoms with Crippen molar-refractivity contribution in [2.45, 2.75) is 19.8 Å². The third kappa shape index (κ3) is 5.35. The van der Waals surface area contributed by atoms with Crippen LogP contribution >= 0.6 is 27.5 Å². The Bertz CT molecular complexity index is 746. The van der Waals surface area contributed by atoms with Gasteiger partial charge < -0.3 is 10.4 Å². The van der Waals surface area contributed by atoms with Gasteiger partial charge in [-0.3, -0.25) is 9.59 Å². The predicted molar refractivity (Wildman–Crippen MR) is 98.4 cm³/mol. The Morgan fingerprint density at radius 2 is 1.88 bits per heavy atom. The maximum absolute atomic E-state index is 12.2. The third-order valence-corrected chi connectivity index (χ3v) is 4.74. The zero-order chi connectivity index (χ0) is 17.7. The van der Waals surface area contributed by atoms with Crippen LogP contribution in [0.5, 0.6) is 0 Å². The summed E-state index contributed by atoms with van der Waals surface area (Å²) in [6.45, 7) is 1.95. The van der Waals surface area contributed by atoms with Crippen LogP contribution in [0.4, 0.5) is 5.69 Å². The standard InChI is InChI=1S/C18H17BrClNO3/c1-11-2-7-15(10-16(11)19)21-17(22)9-13(18(23)24)8-12-3-5-14(20)6-4-12/h2-7,10,13H,8-9H2,1H3,(H,21,22)(H,23,24)/t13-/m1/s1. The van der Waals surface area contributed by atoms with Crippen LogP contribution in [0.15, 0.2) is 46.9 Å². The summed E-state index contributed by atoms with van der Waals surface area (Å²) in [5.41, 5.74) is 2.52. The fraction of sp³-hybridized carbons (Fsp3) is 0.222. The van der Waals surface area contributed by atoms with E-state index in [1.165, 1.54) is 0 Å². The third-order valence-electron chi connectivity index (χ3n) is 3.63. The normalized spacial score (nSPS) is 11.8. The molecule has 0 aliphatic rings. The van der Waals surface area contributed by atoms with E-state index >= 15 is 0 Å². The molecule has 0 bridgehead atoms. The molecule has 0 aliphatic carbocycles. The number of aryl methyl sites for hydroxylation is 1. The number of hydrogen-bond donors (Lipinski definition) is 2. The molecule has 0 aromatic heterocycles. The minimum absolute atomic E-state index is 0.0938. The molecular weight excluding hydrogens is 394 g/mol. The number of anilines is 1. The van der Waals surface area contributed by atoms with Gasteiger partial charge in [-0.15, -0.1) is 0 Å². The van der Waals surface area contributed by atoms with Gasteiger partial charge in [-0.25, -0.2) is 0 Å². The van der Waals surface area contributed by atoms with Gasteiger partial charge in [-0.2, -0.15) is 0 Å². The van der Waals surface area contributed by atoms with Gasteiger partial charge in [0.05, 0.1) is 5.92 Å². The van der Waals surface area contributed by atoms with Crippen LogP contribution in [0.3, 0.4) is 0 Å². The molecule has 126 valence electrons. The van der Waals surface area contributed by atoms with E-state index in [-0.39, 0.29) is 18.7 Å². The van der Waals surface area contributed by atoms with Gasteiger partial charge in [-0.05, 0) is 48.7 Å². The minimum Gasteiger partial charge on any atom is -0.481 e. The van der Waals surface area contributed by atoms with E-state index in [1.807, 2.05) is 13.0 Å². The summed E-state index contributed by atoms with van der Waals surface area (Å²) < 4.78 is 0.885. The number of amides is 1.